The van der Waals surface area contributed by atoms with Gasteiger partial charge >= 0.3 is 12.4 Å². The molecule has 1 N–H and O–H groups in total. The van der Waals surface area contributed by atoms with Crippen LogP contribution in [0.25, 0.3) is 0 Å². The van der Waals surface area contributed by atoms with Gasteiger partial charge < -0.3 is 5.32 Å². The quantitative estimate of drug-likeness (QED) is 0.393. The van der Waals surface area contributed by atoms with Crippen LogP contribution in [0.15, 0.2) is 48.5 Å². The maximum atomic E-state index is 12.8. The molecule has 0 radical (unpaired) electrons. The number of likely N-dealkylation sites (tertiary alicyclic amines) is 1. The smallest absolute Gasteiger partial charge is 0.356 e. The van der Waals surface area contributed by atoms with Gasteiger partial charge in [-0.25, -0.2) is 0 Å². The first kappa shape index (κ1) is 25.1. The van der Waals surface area contributed by atoms with Crippen LogP contribution in [0.4, 0.5) is 26.3 Å². The van der Waals surface area contributed by atoms with E-state index >= 15 is 0 Å². The summed E-state index contributed by atoms with van der Waals surface area (Å²) >= 11 is 0. The van der Waals surface area contributed by atoms with Gasteiger partial charge in [0.1, 0.15) is 0 Å². The van der Waals surface area contributed by atoms with E-state index in [1.54, 1.807) is 6.07 Å². The van der Waals surface area contributed by atoms with E-state index in [4.69, 9.17) is 0 Å². The Labute approximate surface area is 188 Å². The number of amides is 1. The van der Waals surface area contributed by atoms with Crippen LogP contribution in [0.5, 0.6) is 0 Å². The highest BCUT2D eigenvalue weighted by molar-refractivity contribution is 5.79. The number of nitrogens with zero attached hydrogens (tertiary/aromatic N) is 1. The van der Waals surface area contributed by atoms with Crippen LogP contribution >= 0.6 is 0 Å². The van der Waals surface area contributed by atoms with Crippen molar-refractivity contribution >= 4 is 5.91 Å². The van der Waals surface area contributed by atoms with Gasteiger partial charge in [-0.2, -0.15) is 26.3 Å². The molecule has 0 spiro atoms. The molecule has 1 saturated heterocycles. The van der Waals surface area contributed by atoms with Crippen molar-refractivity contribution in [3.63, 3.8) is 0 Å². The third-order valence-corrected chi connectivity index (χ3v) is 5.65. The van der Waals surface area contributed by atoms with Crippen LogP contribution in [0.1, 0.15) is 35.1 Å². The lowest BCUT2D eigenvalue weighted by Gasteiger charge is -2.38. The van der Waals surface area contributed by atoms with E-state index in [1.807, 2.05) is 24.3 Å². The molecule has 1 aliphatic rings. The van der Waals surface area contributed by atoms with Crippen molar-refractivity contribution in [1.29, 1.82) is 0 Å². The van der Waals surface area contributed by atoms with Gasteiger partial charge in [-0.1, -0.05) is 42.5 Å². The molecule has 2 aromatic carbocycles. The SMILES string of the molecule is O=C(NCCCC(F)(F)F)C1CN(Cc2ccc(CCc3cccc(C(F)(F)F)c3)cc2)C1. The molecule has 0 bridgehead atoms. The normalized spacial score (nSPS) is 15.3. The second-order valence-corrected chi connectivity index (χ2v) is 8.42. The van der Waals surface area contributed by atoms with E-state index < -0.39 is 24.3 Å². The zero-order valence-electron chi connectivity index (χ0n) is 18.0. The van der Waals surface area contributed by atoms with Crippen molar-refractivity contribution in [2.75, 3.05) is 19.6 Å². The molecular weight excluding hydrogens is 446 g/mol. The van der Waals surface area contributed by atoms with Crippen LogP contribution < -0.4 is 5.32 Å². The molecule has 0 aliphatic carbocycles. The molecule has 2 aromatic rings. The molecule has 9 heteroatoms. The number of benzene rings is 2. The van der Waals surface area contributed by atoms with E-state index in [0.29, 0.717) is 38.0 Å². The molecule has 1 heterocycles. The molecule has 180 valence electrons. The predicted octanol–water partition coefficient (Wildman–Crippen LogP) is 5.38. The molecule has 0 unspecified atom stereocenters. The summed E-state index contributed by atoms with van der Waals surface area (Å²) in [6.07, 6.45) is -8.43. The summed E-state index contributed by atoms with van der Waals surface area (Å²) in [4.78, 5) is 14.1. The van der Waals surface area contributed by atoms with E-state index in [9.17, 15) is 31.1 Å². The Balaban J connectivity index is 1.37. The lowest BCUT2D eigenvalue weighted by Crippen LogP contribution is -2.53. The molecule has 3 rings (SSSR count). The van der Waals surface area contributed by atoms with Crippen LogP contribution in [-0.2, 0) is 30.4 Å². The second kappa shape index (κ2) is 10.6. The molecule has 0 saturated carbocycles. The average Bonchev–Trinajstić information content (AvgIpc) is 2.71. The largest absolute Gasteiger partial charge is 0.416 e. The number of aryl methyl sites for hydroxylation is 2. The Bertz CT molecular complexity index is 918. The first-order valence-corrected chi connectivity index (χ1v) is 10.8. The Morgan fingerprint density at radius 3 is 2.18 bits per heavy atom. The Morgan fingerprint density at radius 2 is 1.55 bits per heavy atom. The number of hydrogen-bond acceptors (Lipinski definition) is 2. The fraction of sp³-hybridized carbons (Fsp3) is 0.458. The number of carbonyl (C=O) groups is 1. The van der Waals surface area contributed by atoms with Gasteiger partial charge in [0.2, 0.25) is 5.91 Å². The maximum absolute atomic E-state index is 12.8. The van der Waals surface area contributed by atoms with Gasteiger partial charge in [0.05, 0.1) is 11.5 Å². The summed E-state index contributed by atoms with van der Waals surface area (Å²) < 4.78 is 74.8. The Hall–Kier alpha value is -2.55. The van der Waals surface area contributed by atoms with Crippen molar-refractivity contribution in [1.82, 2.24) is 10.2 Å². The number of alkyl halides is 6. The third kappa shape index (κ3) is 8.07. The fourth-order valence-electron chi connectivity index (χ4n) is 3.77. The van der Waals surface area contributed by atoms with Crippen LogP contribution in [0.2, 0.25) is 0 Å². The van der Waals surface area contributed by atoms with Crippen LogP contribution in [0, 0.1) is 5.92 Å². The minimum atomic E-state index is -4.35. The van der Waals surface area contributed by atoms with Gasteiger partial charge in [-0.3, -0.25) is 9.69 Å². The van der Waals surface area contributed by atoms with E-state index in [0.717, 1.165) is 17.2 Å². The summed E-state index contributed by atoms with van der Waals surface area (Å²) in [7, 11) is 0. The van der Waals surface area contributed by atoms with Gasteiger partial charge in [0.25, 0.3) is 0 Å². The number of hydrogen-bond donors (Lipinski definition) is 1. The lowest BCUT2D eigenvalue weighted by molar-refractivity contribution is -0.138. The predicted molar refractivity (Wildman–Crippen MR) is 112 cm³/mol. The van der Waals surface area contributed by atoms with E-state index in [-0.39, 0.29) is 24.8 Å². The number of nitrogens with one attached hydrogen (secondary N) is 1. The first-order valence-electron chi connectivity index (χ1n) is 10.8. The van der Waals surface area contributed by atoms with Gasteiger partial charge in [0.15, 0.2) is 0 Å². The molecular formula is C24H26F6N2O. The molecule has 1 fully saturated rings. The average molecular weight is 472 g/mol. The van der Waals surface area contributed by atoms with Gasteiger partial charge in [0, 0.05) is 32.6 Å². The molecule has 1 amide bonds. The Kier molecular flexibility index (Phi) is 8.05. The Morgan fingerprint density at radius 1 is 0.909 bits per heavy atom. The highest BCUT2D eigenvalue weighted by atomic mass is 19.4. The zero-order valence-corrected chi connectivity index (χ0v) is 18.0. The summed E-state index contributed by atoms with van der Waals surface area (Å²) in [6, 6.07) is 13.2. The second-order valence-electron chi connectivity index (χ2n) is 8.42. The topological polar surface area (TPSA) is 32.3 Å². The molecule has 3 nitrogen and oxygen atoms in total. The number of halogens is 6. The molecule has 1 aliphatic heterocycles. The fourth-order valence-corrected chi connectivity index (χ4v) is 3.77. The van der Waals surface area contributed by atoms with Crippen molar-refractivity contribution in [2.24, 2.45) is 5.92 Å². The monoisotopic (exact) mass is 472 g/mol. The van der Waals surface area contributed by atoms with Gasteiger partial charge in [-0.05, 0) is 42.0 Å². The summed E-state index contributed by atoms with van der Waals surface area (Å²) in [5.74, 6) is -0.416. The number of rotatable bonds is 9. The summed E-state index contributed by atoms with van der Waals surface area (Å²) in [6.45, 7) is 1.80. The van der Waals surface area contributed by atoms with Crippen molar-refractivity contribution in [3.05, 3.63) is 70.8 Å². The molecule has 33 heavy (non-hydrogen) atoms. The van der Waals surface area contributed by atoms with Gasteiger partial charge in [-0.15, -0.1) is 0 Å². The van der Waals surface area contributed by atoms with E-state index in [2.05, 4.69) is 10.2 Å². The third-order valence-electron chi connectivity index (χ3n) is 5.65. The van der Waals surface area contributed by atoms with Crippen molar-refractivity contribution in [3.8, 4) is 0 Å². The maximum Gasteiger partial charge on any atom is 0.416 e. The lowest BCUT2D eigenvalue weighted by atomic mass is 9.97. The summed E-state index contributed by atoms with van der Waals surface area (Å²) in [5, 5.41) is 2.56. The first-order chi connectivity index (χ1) is 15.5. The standard InChI is InChI=1S/C24H26F6N2O/c25-23(26,27)11-2-12-31-22(33)20-15-32(16-20)14-19-9-6-17(7-10-19)5-8-18-3-1-4-21(13-18)24(28,29)30/h1,3-4,6-7,9-10,13,20H,2,5,8,11-12,14-16H2,(H,31,33). The highest BCUT2D eigenvalue weighted by Gasteiger charge is 2.33. The summed E-state index contributed by atoms with van der Waals surface area (Å²) in [5.41, 5.74) is 2.08. The molecule has 0 atom stereocenters. The van der Waals surface area contributed by atoms with E-state index in [1.165, 1.54) is 12.1 Å². The zero-order chi connectivity index (χ0) is 24.1. The minimum Gasteiger partial charge on any atom is -0.356 e. The van der Waals surface area contributed by atoms with Crippen molar-refractivity contribution in [2.45, 2.75) is 44.6 Å². The molecule has 0 aromatic heterocycles. The van der Waals surface area contributed by atoms with Crippen molar-refractivity contribution < 1.29 is 31.1 Å². The number of carbonyl (C=O) groups excluding carboxylic acids is 1. The minimum absolute atomic E-state index is 0.0246. The van der Waals surface area contributed by atoms with Crippen LogP contribution in [0.3, 0.4) is 0 Å². The van der Waals surface area contributed by atoms with Crippen LogP contribution in [-0.4, -0.2) is 36.6 Å². The highest BCUT2D eigenvalue weighted by Crippen LogP contribution is 2.30.